The molecule has 1 aliphatic rings. The number of methoxy groups -OCH3 is 1. The van der Waals surface area contributed by atoms with Gasteiger partial charge in [0, 0.05) is 49.4 Å². The molecule has 1 saturated heterocycles. The van der Waals surface area contributed by atoms with Gasteiger partial charge in [-0.25, -0.2) is 0 Å². The maximum absolute atomic E-state index is 13.5. The summed E-state index contributed by atoms with van der Waals surface area (Å²) in [5.41, 5.74) is 1.51. The molecule has 5 rings (SSSR count). The second-order valence-electron chi connectivity index (χ2n) is 9.77. The summed E-state index contributed by atoms with van der Waals surface area (Å²) < 4.78 is 12.9. The van der Waals surface area contributed by atoms with Gasteiger partial charge in [0.25, 0.3) is 5.91 Å². The number of benzene rings is 2. The Labute approximate surface area is 241 Å². The number of rotatable bonds is 10. The van der Waals surface area contributed by atoms with Crippen LogP contribution in [0.15, 0.2) is 71.7 Å². The number of morpholine rings is 1. The van der Waals surface area contributed by atoms with E-state index in [9.17, 15) is 14.7 Å². The largest absolute Gasteiger partial charge is 0.387 e. The average molecular weight is 582 g/mol. The third-order valence-corrected chi connectivity index (χ3v) is 8.50. The van der Waals surface area contributed by atoms with Gasteiger partial charge in [-0.2, -0.15) is 0 Å². The van der Waals surface area contributed by atoms with Crippen LogP contribution < -0.4 is 10.7 Å². The van der Waals surface area contributed by atoms with Crippen LogP contribution in [0.4, 0.5) is 0 Å². The number of thiophene rings is 1. The van der Waals surface area contributed by atoms with Gasteiger partial charge >= 0.3 is 0 Å². The minimum atomic E-state index is -0.700. The van der Waals surface area contributed by atoms with Gasteiger partial charge in [0.15, 0.2) is 0 Å². The number of carbonyl (C=O) groups excluding carboxylic acids is 1. The van der Waals surface area contributed by atoms with Gasteiger partial charge < -0.3 is 24.5 Å². The summed E-state index contributed by atoms with van der Waals surface area (Å²) in [5, 5.41) is 15.1. The summed E-state index contributed by atoms with van der Waals surface area (Å²) in [6, 6.07) is 18.4. The first-order chi connectivity index (χ1) is 19.4. The Morgan fingerprint density at radius 3 is 2.75 bits per heavy atom. The molecule has 2 aromatic carbocycles. The van der Waals surface area contributed by atoms with Crippen LogP contribution in [0, 0.1) is 0 Å². The van der Waals surface area contributed by atoms with Crippen LogP contribution in [0.5, 0.6) is 0 Å². The van der Waals surface area contributed by atoms with E-state index in [1.165, 1.54) is 11.3 Å². The van der Waals surface area contributed by atoms with Crippen molar-refractivity contribution < 1.29 is 19.4 Å². The molecule has 4 aromatic rings. The molecule has 1 fully saturated rings. The minimum absolute atomic E-state index is 0.0886. The molecule has 40 heavy (non-hydrogen) atoms. The molecule has 210 valence electrons. The molecule has 0 spiro atoms. The van der Waals surface area contributed by atoms with Crippen LogP contribution in [0.3, 0.4) is 0 Å². The lowest BCUT2D eigenvalue weighted by Gasteiger charge is -2.38. The van der Waals surface area contributed by atoms with Gasteiger partial charge in [0.1, 0.15) is 10.4 Å². The zero-order valence-corrected chi connectivity index (χ0v) is 23.8. The summed E-state index contributed by atoms with van der Waals surface area (Å²) in [6.07, 6.45) is 0.922. The van der Waals surface area contributed by atoms with Crippen molar-refractivity contribution in [1.29, 1.82) is 0 Å². The maximum atomic E-state index is 13.5. The van der Waals surface area contributed by atoms with Crippen molar-refractivity contribution in [1.82, 2.24) is 14.8 Å². The summed E-state index contributed by atoms with van der Waals surface area (Å²) in [4.78, 5) is 30.6. The molecule has 8 nitrogen and oxygen atoms in total. The molecule has 1 aliphatic heterocycles. The number of hydrogen-bond acceptors (Lipinski definition) is 7. The third-order valence-electron chi connectivity index (χ3n) is 7.09. The first-order valence-electron chi connectivity index (χ1n) is 13.2. The number of fused-ring (bicyclic) bond motifs is 1. The lowest BCUT2D eigenvalue weighted by Crippen LogP contribution is -2.48. The first kappa shape index (κ1) is 28.5. The van der Waals surface area contributed by atoms with Crippen LogP contribution >= 0.6 is 22.9 Å². The standard InChI is InChI=1S/C30H32ClN3O5S/c1-38-13-11-34-18-25(29(37)32-16-20-7-9-22(31)10-8-20)28(36)24-15-23(40-30(24)34)17-33-12-14-39-19-26(33)27(35)21-5-3-2-4-6-21/h2-10,15,18,26-27,35H,11-14,16-17,19H2,1H3,(H,32,37)/t26-,27+/m1/s1. The number of hydrogen-bond donors (Lipinski definition) is 2. The summed E-state index contributed by atoms with van der Waals surface area (Å²) in [7, 11) is 1.62. The van der Waals surface area contributed by atoms with E-state index in [1.807, 2.05) is 53.1 Å². The van der Waals surface area contributed by atoms with E-state index in [0.717, 1.165) is 20.8 Å². The summed E-state index contributed by atoms with van der Waals surface area (Å²) in [6.45, 7) is 3.42. The number of amides is 1. The van der Waals surface area contributed by atoms with E-state index >= 15 is 0 Å². The molecule has 2 aromatic heterocycles. The molecule has 0 aliphatic carbocycles. The molecule has 0 bridgehead atoms. The number of nitrogens with zero attached hydrogens (tertiary/aromatic N) is 2. The minimum Gasteiger partial charge on any atom is -0.387 e. The zero-order chi connectivity index (χ0) is 28.1. The number of halogens is 1. The molecule has 1 amide bonds. The lowest BCUT2D eigenvalue weighted by molar-refractivity contribution is -0.0629. The highest BCUT2D eigenvalue weighted by Gasteiger charge is 2.31. The molecular weight excluding hydrogens is 550 g/mol. The Bertz CT molecular complexity index is 1510. The fourth-order valence-electron chi connectivity index (χ4n) is 4.92. The predicted molar refractivity (Wildman–Crippen MR) is 157 cm³/mol. The van der Waals surface area contributed by atoms with Crippen LogP contribution in [0.1, 0.15) is 32.5 Å². The number of pyridine rings is 1. The van der Waals surface area contributed by atoms with Crippen LogP contribution in [-0.4, -0.2) is 60.0 Å². The molecule has 3 heterocycles. The number of aliphatic hydroxyl groups is 1. The maximum Gasteiger partial charge on any atom is 0.257 e. The molecule has 0 radical (unpaired) electrons. The number of ether oxygens (including phenoxy) is 2. The topological polar surface area (TPSA) is 93.0 Å². The van der Waals surface area contributed by atoms with E-state index in [0.29, 0.717) is 49.9 Å². The fraction of sp³-hybridized carbons (Fsp3) is 0.333. The van der Waals surface area contributed by atoms with Crippen molar-refractivity contribution in [3.8, 4) is 0 Å². The second kappa shape index (κ2) is 13.1. The molecule has 2 N–H and O–H groups in total. The van der Waals surface area contributed by atoms with Crippen molar-refractivity contribution in [2.24, 2.45) is 0 Å². The highest BCUT2D eigenvalue weighted by molar-refractivity contribution is 7.18. The molecule has 10 heteroatoms. The van der Waals surface area contributed by atoms with Gasteiger partial charge in [0.05, 0.1) is 37.4 Å². The van der Waals surface area contributed by atoms with Crippen molar-refractivity contribution in [2.75, 3.05) is 33.5 Å². The van der Waals surface area contributed by atoms with Gasteiger partial charge in [-0.1, -0.05) is 54.1 Å². The normalized spacial score (nSPS) is 16.7. The van der Waals surface area contributed by atoms with Crippen LogP contribution in [-0.2, 0) is 29.1 Å². The van der Waals surface area contributed by atoms with Crippen molar-refractivity contribution >= 4 is 39.1 Å². The lowest BCUT2D eigenvalue weighted by atomic mass is 10.0. The van der Waals surface area contributed by atoms with Gasteiger partial charge in [-0.15, -0.1) is 11.3 Å². The van der Waals surface area contributed by atoms with E-state index < -0.39 is 12.0 Å². The van der Waals surface area contributed by atoms with E-state index in [1.54, 1.807) is 25.4 Å². The monoisotopic (exact) mass is 581 g/mol. The van der Waals surface area contributed by atoms with Crippen LogP contribution in [0.2, 0.25) is 5.02 Å². The molecule has 0 unspecified atom stereocenters. The second-order valence-corrected chi connectivity index (χ2v) is 11.3. The number of nitrogens with one attached hydrogen (secondary N) is 1. The van der Waals surface area contributed by atoms with Gasteiger partial charge in [-0.3, -0.25) is 14.5 Å². The SMILES string of the molecule is COCCn1cc(C(=O)NCc2ccc(Cl)cc2)c(=O)c2cc(CN3CCOC[C@@H]3[C@@H](O)c3ccccc3)sc21. The number of aromatic nitrogens is 1. The number of carbonyl (C=O) groups is 1. The van der Waals surface area contributed by atoms with Crippen molar-refractivity contribution in [2.45, 2.75) is 31.8 Å². The highest BCUT2D eigenvalue weighted by Crippen LogP contribution is 2.29. The molecular formula is C30H32ClN3O5S. The number of aliphatic hydroxyl groups excluding tert-OH is 1. The quantitative estimate of drug-likeness (QED) is 0.291. The molecule has 0 saturated carbocycles. The van der Waals surface area contributed by atoms with E-state index in [-0.39, 0.29) is 23.6 Å². The van der Waals surface area contributed by atoms with Gasteiger partial charge in [-0.05, 0) is 29.3 Å². The zero-order valence-electron chi connectivity index (χ0n) is 22.2. The summed E-state index contributed by atoms with van der Waals surface area (Å²) in [5.74, 6) is -0.431. The predicted octanol–water partition coefficient (Wildman–Crippen LogP) is 4.23. The Morgan fingerprint density at radius 1 is 1.23 bits per heavy atom. The van der Waals surface area contributed by atoms with E-state index in [4.69, 9.17) is 21.1 Å². The van der Waals surface area contributed by atoms with Crippen molar-refractivity contribution in [3.05, 3.63) is 104 Å². The first-order valence-corrected chi connectivity index (χ1v) is 14.4. The Hall–Kier alpha value is -3.05. The van der Waals surface area contributed by atoms with Gasteiger partial charge in [0.2, 0.25) is 5.43 Å². The van der Waals surface area contributed by atoms with Crippen LogP contribution in [0.25, 0.3) is 10.2 Å². The van der Waals surface area contributed by atoms with E-state index in [2.05, 4.69) is 10.2 Å². The third kappa shape index (κ3) is 6.46. The Morgan fingerprint density at radius 2 is 2.00 bits per heavy atom. The average Bonchev–Trinajstić information content (AvgIpc) is 3.41. The molecule has 2 atom stereocenters. The van der Waals surface area contributed by atoms with Crippen molar-refractivity contribution in [3.63, 3.8) is 0 Å². The fourth-order valence-corrected chi connectivity index (χ4v) is 6.22. The Kier molecular flexibility index (Phi) is 9.31. The smallest absolute Gasteiger partial charge is 0.257 e. The highest BCUT2D eigenvalue weighted by atomic mass is 35.5. The summed E-state index contributed by atoms with van der Waals surface area (Å²) >= 11 is 7.48. The Balaban J connectivity index is 1.41.